The first kappa shape index (κ1) is 23.3. The highest BCUT2D eigenvalue weighted by molar-refractivity contribution is 7.89. The predicted molar refractivity (Wildman–Crippen MR) is 102 cm³/mol. The minimum atomic E-state index is -3.86. The highest BCUT2D eigenvalue weighted by Gasteiger charge is 2.42. The predicted octanol–water partition coefficient (Wildman–Crippen LogP) is 1.91. The standard InChI is InChI=1S/C10H12Cl2N2O4S.C7H4FNO/c11-8-2-1-7(9(12)13-8)19(17,18)14-4-3-10(16,5-14)6-15;8-7-3-6(10)2-1-5(7)4-9/h1-2,15-16H,3-6H2;1-3,10H. The summed E-state index contributed by atoms with van der Waals surface area (Å²) in [4.78, 5) is 3.51. The maximum atomic E-state index is 12.5. The number of aromatic nitrogens is 1. The number of hydrogen-bond acceptors (Lipinski definition) is 7. The van der Waals surface area contributed by atoms with Crippen LogP contribution < -0.4 is 0 Å². The number of halogens is 3. The SMILES string of the molecule is N#Cc1ccc(O)cc1F.O=S(=O)(c1ccc(Cl)nc1Cl)N1CCC(O)(CO)C1. The van der Waals surface area contributed by atoms with Gasteiger partial charge in [0.2, 0.25) is 10.0 Å². The van der Waals surface area contributed by atoms with Crippen LogP contribution in [0.3, 0.4) is 0 Å². The molecule has 1 aliphatic heterocycles. The number of aliphatic hydroxyl groups is 2. The molecular weight excluding hydrogens is 448 g/mol. The molecule has 12 heteroatoms. The summed E-state index contributed by atoms with van der Waals surface area (Å²) >= 11 is 11.4. The van der Waals surface area contributed by atoms with Crippen LogP contribution in [0.15, 0.2) is 35.2 Å². The Hall–Kier alpha value is -2.00. The average molecular weight is 464 g/mol. The van der Waals surface area contributed by atoms with Gasteiger partial charge in [-0.25, -0.2) is 17.8 Å². The maximum absolute atomic E-state index is 12.5. The summed E-state index contributed by atoms with van der Waals surface area (Å²) in [5.74, 6) is -0.862. The van der Waals surface area contributed by atoms with Crippen LogP contribution in [0.1, 0.15) is 12.0 Å². The molecule has 1 aromatic carbocycles. The van der Waals surface area contributed by atoms with Crippen LogP contribution in [0, 0.1) is 17.1 Å². The molecule has 2 aromatic rings. The molecule has 1 unspecified atom stereocenters. The largest absolute Gasteiger partial charge is 0.508 e. The van der Waals surface area contributed by atoms with Gasteiger partial charge in [0.1, 0.15) is 33.3 Å². The second kappa shape index (κ2) is 9.21. The smallest absolute Gasteiger partial charge is 0.246 e. The van der Waals surface area contributed by atoms with E-state index in [1.54, 1.807) is 6.07 Å². The number of β-amino-alcohol motifs (C(OH)–C–C–N with tert-alkyl or cyclic N) is 1. The molecule has 29 heavy (non-hydrogen) atoms. The third-order valence-electron chi connectivity index (χ3n) is 4.06. The number of benzene rings is 1. The molecule has 0 spiro atoms. The first-order chi connectivity index (χ1) is 13.5. The molecule has 0 saturated carbocycles. The minimum absolute atomic E-state index is 0.0576. The highest BCUT2D eigenvalue weighted by atomic mass is 35.5. The number of phenolic OH excluding ortho intramolecular Hbond substituents is 1. The summed E-state index contributed by atoms with van der Waals surface area (Å²) in [6.07, 6.45) is 0.168. The molecule has 8 nitrogen and oxygen atoms in total. The van der Waals surface area contributed by atoms with Crippen molar-refractivity contribution in [3.05, 3.63) is 52.0 Å². The maximum Gasteiger partial charge on any atom is 0.246 e. The van der Waals surface area contributed by atoms with Crippen molar-refractivity contribution in [3.8, 4) is 11.8 Å². The normalized spacial score (nSPS) is 19.3. The van der Waals surface area contributed by atoms with Crippen molar-refractivity contribution < 1.29 is 28.1 Å². The van der Waals surface area contributed by atoms with Crippen molar-refractivity contribution in [1.29, 1.82) is 5.26 Å². The number of aromatic hydroxyl groups is 1. The van der Waals surface area contributed by atoms with E-state index in [1.807, 2.05) is 0 Å². The van der Waals surface area contributed by atoms with Gasteiger partial charge < -0.3 is 15.3 Å². The van der Waals surface area contributed by atoms with E-state index in [9.17, 15) is 17.9 Å². The molecule has 3 N–H and O–H groups in total. The number of nitriles is 1. The van der Waals surface area contributed by atoms with Crippen molar-refractivity contribution in [2.45, 2.75) is 16.9 Å². The van der Waals surface area contributed by atoms with Crippen LogP contribution in [-0.2, 0) is 10.0 Å². The Balaban J connectivity index is 0.000000253. The lowest BCUT2D eigenvalue weighted by Gasteiger charge is -2.21. The van der Waals surface area contributed by atoms with E-state index < -0.39 is 28.0 Å². The molecule has 1 saturated heterocycles. The van der Waals surface area contributed by atoms with E-state index >= 15 is 0 Å². The summed E-state index contributed by atoms with van der Waals surface area (Å²) in [7, 11) is -3.86. The van der Waals surface area contributed by atoms with E-state index in [0.717, 1.165) is 10.4 Å². The van der Waals surface area contributed by atoms with Gasteiger partial charge in [0.05, 0.1) is 12.2 Å². The Morgan fingerprint density at radius 2 is 2.00 bits per heavy atom. The van der Waals surface area contributed by atoms with E-state index in [0.29, 0.717) is 0 Å². The highest BCUT2D eigenvalue weighted by Crippen LogP contribution is 2.30. The van der Waals surface area contributed by atoms with E-state index in [1.165, 1.54) is 24.3 Å². The molecule has 2 heterocycles. The fourth-order valence-electron chi connectivity index (χ4n) is 2.48. The third kappa shape index (κ3) is 5.54. The van der Waals surface area contributed by atoms with E-state index in [4.69, 9.17) is 38.7 Å². The number of pyridine rings is 1. The summed E-state index contributed by atoms with van der Waals surface area (Å²) in [5, 5.41) is 35.7. The lowest BCUT2D eigenvalue weighted by molar-refractivity contribution is -0.000735. The fraction of sp³-hybridized carbons (Fsp3) is 0.294. The van der Waals surface area contributed by atoms with Crippen LogP contribution in [0.25, 0.3) is 0 Å². The number of aliphatic hydroxyl groups excluding tert-OH is 1. The summed E-state index contributed by atoms with van der Waals surface area (Å²) in [6.45, 7) is -0.561. The summed E-state index contributed by atoms with van der Waals surface area (Å²) in [5.41, 5.74) is -1.46. The molecule has 1 fully saturated rings. The number of nitrogens with zero attached hydrogens (tertiary/aromatic N) is 3. The number of rotatable bonds is 3. The molecular formula is C17H16Cl2FN3O5S. The van der Waals surface area contributed by atoms with Crippen molar-refractivity contribution >= 4 is 33.2 Å². The Morgan fingerprint density at radius 3 is 2.52 bits per heavy atom. The number of hydrogen-bond donors (Lipinski definition) is 3. The molecule has 1 aliphatic rings. The van der Waals surface area contributed by atoms with Crippen molar-refractivity contribution in [2.24, 2.45) is 0 Å². The summed E-state index contributed by atoms with van der Waals surface area (Å²) in [6, 6.07) is 7.63. The Bertz CT molecular complexity index is 1050. The van der Waals surface area contributed by atoms with Crippen LogP contribution in [0.5, 0.6) is 5.75 Å². The lowest BCUT2D eigenvalue weighted by atomic mass is 10.1. The fourth-order valence-corrected chi connectivity index (χ4v) is 4.63. The van der Waals surface area contributed by atoms with Crippen molar-refractivity contribution in [1.82, 2.24) is 9.29 Å². The second-order valence-electron chi connectivity index (χ2n) is 6.17. The number of phenols is 1. The zero-order valence-electron chi connectivity index (χ0n) is 14.8. The van der Waals surface area contributed by atoms with Gasteiger partial charge in [-0.1, -0.05) is 23.2 Å². The third-order valence-corrected chi connectivity index (χ3v) is 6.55. The van der Waals surface area contributed by atoms with Gasteiger partial charge in [0.15, 0.2) is 5.15 Å². The van der Waals surface area contributed by atoms with Gasteiger partial charge in [0, 0.05) is 19.2 Å². The topological polar surface area (TPSA) is 135 Å². The Morgan fingerprint density at radius 1 is 1.31 bits per heavy atom. The molecule has 3 rings (SSSR count). The molecule has 156 valence electrons. The molecule has 0 amide bonds. The molecule has 0 radical (unpaired) electrons. The van der Waals surface area contributed by atoms with Gasteiger partial charge in [-0.3, -0.25) is 0 Å². The van der Waals surface area contributed by atoms with Gasteiger partial charge >= 0.3 is 0 Å². The molecule has 0 aliphatic carbocycles. The average Bonchev–Trinajstić information content (AvgIpc) is 3.06. The van der Waals surface area contributed by atoms with Crippen LogP contribution in [0.4, 0.5) is 4.39 Å². The van der Waals surface area contributed by atoms with Crippen molar-refractivity contribution in [3.63, 3.8) is 0 Å². The Kier molecular flexibility index (Phi) is 7.40. The van der Waals surface area contributed by atoms with Gasteiger partial charge in [-0.05, 0) is 30.7 Å². The van der Waals surface area contributed by atoms with Crippen LogP contribution >= 0.6 is 23.2 Å². The lowest BCUT2D eigenvalue weighted by Crippen LogP contribution is -2.38. The molecule has 0 bridgehead atoms. The Labute approximate surface area is 176 Å². The van der Waals surface area contributed by atoms with Gasteiger partial charge in [-0.2, -0.15) is 9.57 Å². The number of sulfonamides is 1. The summed E-state index contributed by atoms with van der Waals surface area (Å²) < 4.78 is 38.2. The zero-order chi connectivity index (χ0) is 21.8. The second-order valence-corrected chi connectivity index (χ2v) is 8.82. The van der Waals surface area contributed by atoms with E-state index in [2.05, 4.69) is 4.98 Å². The van der Waals surface area contributed by atoms with Crippen LogP contribution in [0.2, 0.25) is 10.3 Å². The minimum Gasteiger partial charge on any atom is -0.508 e. The molecule has 1 atom stereocenters. The molecule has 1 aromatic heterocycles. The van der Waals surface area contributed by atoms with Crippen LogP contribution in [-0.4, -0.2) is 58.3 Å². The first-order valence-corrected chi connectivity index (χ1v) is 10.3. The zero-order valence-corrected chi connectivity index (χ0v) is 17.1. The van der Waals surface area contributed by atoms with Gasteiger partial charge in [-0.15, -0.1) is 0 Å². The van der Waals surface area contributed by atoms with E-state index in [-0.39, 0.29) is 46.0 Å². The first-order valence-electron chi connectivity index (χ1n) is 8.06. The van der Waals surface area contributed by atoms with Gasteiger partial charge in [0.25, 0.3) is 0 Å². The van der Waals surface area contributed by atoms with Crippen molar-refractivity contribution in [2.75, 3.05) is 19.7 Å². The quantitative estimate of drug-likeness (QED) is 0.591. The monoisotopic (exact) mass is 463 g/mol.